The van der Waals surface area contributed by atoms with E-state index in [1.165, 1.54) is 10.2 Å². The van der Waals surface area contributed by atoms with Gasteiger partial charge in [0, 0.05) is 37.3 Å². The van der Waals surface area contributed by atoms with Crippen LogP contribution in [0.4, 0.5) is 9.59 Å². The van der Waals surface area contributed by atoms with Crippen molar-refractivity contribution in [2.75, 3.05) is 27.2 Å². The van der Waals surface area contributed by atoms with E-state index in [2.05, 4.69) is 34.3 Å². The van der Waals surface area contributed by atoms with Gasteiger partial charge < -0.3 is 19.3 Å². The van der Waals surface area contributed by atoms with Gasteiger partial charge in [0.15, 0.2) is 0 Å². The van der Waals surface area contributed by atoms with Gasteiger partial charge in [-0.2, -0.15) is 9.78 Å². The first-order valence-electron chi connectivity index (χ1n) is 12.3. The normalized spacial score (nSPS) is 16.9. The number of hydrogen-bond acceptors (Lipinski definition) is 6. The third kappa shape index (κ3) is 7.56. The van der Waals surface area contributed by atoms with Gasteiger partial charge >= 0.3 is 12.2 Å². The Morgan fingerprint density at radius 2 is 1.60 bits per heavy atom. The summed E-state index contributed by atoms with van der Waals surface area (Å²) in [7, 11) is 4.08. The Morgan fingerprint density at radius 3 is 2.17 bits per heavy atom. The Morgan fingerprint density at radius 1 is 1.00 bits per heavy atom. The molecule has 0 bridgehead atoms. The second-order valence-corrected chi connectivity index (χ2v) is 11.6. The molecular formula is C27H40N4O4. The van der Waals surface area contributed by atoms with E-state index in [0.717, 1.165) is 36.2 Å². The molecule has 1 aromatic heterocycles. The van der Waals surface area contributed by atoms with Crippen molar-refractivity contribution in [3.8, 4) is 11.1 Å². The summed E-state index contributed by atoms with van der Waals surface area (Å²) in [6.07, 6.45) is 2.62. The fourth-order valence-electron chi connectivity index (χ4n) is 4.16. The summed E-state index contributed by atoms with van der Waals surface area (Å²) in [4.78, 5) is 29.4. The van der Waals surface area contributed by atoms with Crippen molar-refractivity contribution in [1.82, 2.24) is 19.6 Å². The number of carbonyl (C=O) groups is 2. The average Bonchev–Trinajstić information content (AvgIpc) is 3.17. The van der Waals surface area contributed by atoms with E-state index < -0.39 is 17.3 Å². The molecule has 1 fully saturated rings. The zero-order valence-electron chi connectivity index (χ0n) is 22.4. The van der Waals surface area contributed by atoms with Crippen molar-refractivity contribution >= 4 is 12.2 Å². The van der Waals surface area contributed by atoms with Crippen LogP contribution in [0.15, 0.2) is 30.5 Å². The zero-order valence-corrected chi connectivity index (χ0v) is 22.4. The molecule has 0 radical (unpaired) electrons. The van der Waals surface area contributed by atoms with Gasteiger partial charge in [0.2, 0.25) is 0 Å². The average molecular weight is 485 g/mol. The highest BCUT2D eigenvalue weighted by Gasteiger charge is 2.32. The van der Waals surface area contributed by atoms with Crippen LogP contribution in [0.5, 0.6) is 0 Å². The molecule has 3 rings (SSSR count). The number of aromatic nitrogens is 2. The predicted octanol–water partition coefficient (Wildman–Crippen LogP) is 5.51. The van der Waals surface area contributed by atoms with Crippen molar-refractivity contribution in [3.63, 3.8) is 0 Å². The Bertz CT molecular complexity index is 1030. The summed E-state index contributed by atoms with van der Waals surface area (Å²) >= 11 is 0. The predicted molar refractivity (Wildman–Crippen MR) is 136 cm³/mol. The fourth-order valence-corrected chi connectivity index (χ4v) is 4.16. The first-order valence-corrected chi connectivity index (χ1v) is 12.3. The van der Waals surface area contributed by atoms with Crippen LogP contribution in [0.1, 0.15) is 71.6 Å². The molecule has 0 saturated carbocycles. The summed E-state index contributed by atoms with van der Waals surface area (Å²) in [5, 5.41) is 4.69. The number of rotatable bonds is 4. The number of nitrogens with zero attached hydrogens (tertiary/aromatic N) is 4. The molecule has 1 aliphatic rings. The van der Waals surface area contributed by atoms with Crippen LogP contribution >= 0.6 is 0 Å². The molecule has 1 unspecified atom stereocenters. The SMILES string of the molecule is CN(C)Cc1ccc(-c2cn(C(=O)OC(C)(C)C)nc2C2CCCN(C(=O)OC(C)(C)C)C2)cc1. The van der Waals surface area contributed by atoms with Gasteiger partial charge in [-0.1, -0.05) is 24.3 Å². The van der Waals surface area contributed by atoms with E-state index in [1.54, 1.807) is 11.1 Å². The van der Waals surface area contributed by atoms with Gasteiger partial charge in [-0.3, -0.25) is 0 Å². The van der Waals surface area contributed by atoms with Crippen LogP contribution < -0.4 is 0 Å². The smallest absolute Gasteiger partial charge is 0.435 e. The fraction of sp³-hybridized carbons (Fsp3) is 0.593. The van der Waals surface area contributed by atoms with Crippen LogP contribution in [0.25, 0.3) is 11.1 Å². The quantitative estimate of drug-likeness (QED) is 0.570. The number of piperidine rings is 1. The topological polar surface area (TPSA) is 76.9 Å². The molecule has 2 heterocycles. The van der Waals surface area contributed by atoms with E-state index in [1.807, 2.05) is 55.6 Å². The number of benzene rings is 1. The number of ether oxygens (including phenoxy) is 2. The third-order valence-electron chi connectivity index (χ3n) is 5.55. The van der Waals surface area contributed by atoms with Gasteiger partial charge in [-0.05, 0) is 79.6 Å². The molecule has 1 saturated heterocycles. The highest BCUT2D eigenvalue weighted by atomic mass is 16.6. The minimum Gasteiger partial charge on any atom is -0.444 e. The van der Waals surface area contributed by atoms with Crippen molar-refractivity contribution < 1.29 is 19.1 Å². The van der Waals surface area contributed by atoms with Gasteiger partial charge in [0.1, 0.15) is 11.2 Å². The van der Waals surface area contributed by atoms with Crippen molar-refractivity contribution in [2.24, 2.45) is 0 Å². The maximum absolute atomic E-state index is 12.8. The van der Waals surface area contributed by atoms with Gasteiger partial charge in [-0.25, -0.2) is 9.59 Å². The Labute approximate surface area is 209 Å². The maximum atomic E-state index is 12.8. The second kappa shape index (κ2) is 10.4. The number of hydrogen-bond donors (Lipinski definition) is 0. The largest absolute Gasteiger partial charge is 0.444 e. The Kier molecular flexibility index (Phi) is 7.94. The van der Waals surface area contributed by atoms with Crippen LogP contribution in [0.3, 0.4) is 0 Å². The number of amides is 1. The van der Waals surface area contributed by atoms with Crippen LogP contribution in [-0.2, 0) is 16.0 Å². The minimum absolute atomic E-state index is 0.0172. The Hall–Kier alpha value is -2.87. The van der Waals surface area contributed by atoms with E-state index in [0.29, 0.717) is 13.1 Å². The molecule has 1 atom stereocenters. The lowest BCUT2D eigenvalue weighted by molar-refractivity contribution is 0.0196. The number of carbonyl (C=O) groups excluding carboxylic acids is 2. The summed E-state index contributed by atoms with van der Waals surface area (Å²) in [5.41, 5.74) is 2.67. The minimum atomic E-state index is -0.629. The molecule has 1 aliphatic heterocycles. The zero-order chi connectivity index (χ0) is 26.0. The van der Waals surface area contributed by atoms with Crippen LogP contribution in [-0.4, -0.2) is 70.2 Å². The van der Waals surface area contributed by atoms with E-state index in [4.69, 9.17) is 9.47 Å². The second-order valence-electron chi connectivity index (χ2n) is 11.6. The number of likely N-dealkylation sites (tertiary alicyclic amines) is 1. The maximum Gasteiger partial charge on any atom is 0.435 e. The summed E-state index contributed by atoms with van der Waals surface area (Å²) in [6, 6.07) is 8.32. The van der Waals surface area contributed by atoms with Gasteiger partial charge in [0.25, 0.3) is 0 Å². The van der Waals surface area contributed by atoms with Gasteiger partial charge in [0.05, 0.1) is 5.69 Å². The highest BCUT2D eigenvalue weighted by Crippen LogP contribution is 2.34. The van der Waals surface area contributed by atoms with E-state index in [9.17, 15) is 9.59 Å². The first-order chi connectivity index (χ1) is 16.2. The molecule has 35 heavy (non-hydrogen) atoms. The highest BCUT2D eigenvalue weighted by molar-refractivity contribution is 5.75. The summed E-state index contributed by atoms with van der Waals surface area (Å²) < 4.78 is 12.5. The summed E-state index contributed by atoms with van der Waals surface area (Å²) in [5.74, 6) is -0.0172. The third-order valence-corrected chi connectivity index (χ3v) is 5.55. The summed E-state index contributed by atoms with van der Waals surface area (Å²) in [6.45, 7) is 13.1. The standard InChI is InChI=1S/C27H40N4O4/c1-26(2,3)34-24(32)30-15-9-10-21(17-30)23-22(18-31(28-23)25(33)35-27(4,5)6)20-13-11-19(12-14-20)16-29(7)8/h11-14,18,21H,9-10,15-17H2,1-8H3. The van der Waals surface area contributed by atoms with Crippen molar-refractivity contribution in [2.45, 2.75) is 78.0 Å². The lowest BCUT2D eigenvalue weighted by Gasteiger charge is -2.33. The van der Waals surface area contributed by atoms with Crippen LogP contribution in [0.2, 0.25) is 0 Å². The molecule has 0 spiro atoms. The first kappa shape index (κ1) is 26.7. The molecule has 1 aromatic carbocycles. The monoisotopic (exact) mass is 484 g/mol. The van der Waals surface area contributed by atoms with Gasteiger partial charge in [-0.15, -0.1) is 0 Å². The molecule has 2 aromatic rings. The van der Waals surface area contributed by atoms with Crippen LogP contribution in [0, 0.1) is 0 Å². The molecular weight excluding hydrogens is 444 g/mol. The Balaban J connectivity index is 1.94. The molecule has 0 N–H and O–H groups in total. The molecule has 192 valence electrons. The lowest BCUT2D eigenvalue weighted by Crippen LogP contribution is -2.42. The molecule has 1 amide bonds. The molecule has 8 heteroatoms. The lowest BCUT2D eigenvalue weighted by atomic mass is 9.90. The van der Waals surface area contributed by atoms with Crippen molar-refractivity contribution in [1.29, 1.82) is 0 Å². The van der Waals surface area contributed by atoms with Crippen molar-refractivity contribution in [3.05, 3.63) is 41.7 Å². The van der Waals surface area contributed by atoms with E-state index >= 15 is 0 Å². The molecule has 8 nitrogen and oxygen atoms in total. The molecule has 0 aliphatic carbocycles. The van der Waals surface area contributed by atoms with E-state index in [-0.39, 0.29) is 12.0 Å².